The summed E-state index contributed by atoms with van der Waals surface area (Å²) in [6, 6.07) is 2.67. The number of nitriles is 1. The number of urea groups is 1. The summed E-state index contributed by atoms with van der Waals surface area (Å²) in [7, 11) is 0. The summed E-state index contributed by atoms with van der Waals surface area (Å²) in [6.07, 6.45) is 2.39. The Morgan fingerprint density at radius 3 is 2.67 bits per heavy atom. The zero-order valence-corrected chi connectivity index (χ0v) is 17.7. The predicted molar refractivity (Wildman–Crippen MR) is 109 cm³/mol. The number of ether oxygens (including phenoxy) is 2. The topological polar surface area (TPSA) is 136 Å². The second-order valence-corrected chi connectivity index (χ2v) is 7.67. The van der Waals surface area contributed by atoms with Gasteiger partial charge in [0, 0.05) is 24.5 Å². The molecular weight excluding hydrogens is 388 g/mol. The number of carbonyl (C=O) groups excluding carboxylic acids is 3. The molecular formula is C21H28N4O5. The maximum atomic E-state index is 12.5. The summed E-state index contributed by atoms with van der Waals surface area (Å²) >= 11 is 0. The van der Waals surface area contributed by atoms with E-state index >= 15 is 0 Å². The van der Waals surface area contributed by atoms with Crippen LogP contribution in [-0.2, 0) is 25.6 Å². The molecule has 3 N–H and O–H groups in total. The summed E-state index contributed by atoms with van der Waals surface area (Å²) in [5.74, 6) is -2.21. The van der Waals surface area contributed by atoms with Crippen molar-refractivity contribution in [3.05, 3.63) is 28.6 Å². The summed E-state index contributed by atoms with van der Waals surface area (Å²) in [4.78, 5) is 35.5. The van der Waals surface area contributed by atoms with E-state index in [1.54, 1.807) is 13.8 Å². The monoisotopic (exact) mass is 416 g/mol. The largest absolute Gasteiger partial charge is 0.448 e. The number of hydrogen-bond acceptors (Lipinski definition) is 6. The Bertz CT molecular complexity index is 888. The van der Waals surface area contributed by atoms with Crippen LogP contribution in [-0.4, -0.2) is 41.3 Å². The Morgan fingerprint density at radius 1 is 1.43 bits per heavy atom. The molecule has 0 aromatic carbocycles. The minimum absolute atomic E-state index is 0.155. The second kappa shape index (κ2) is 10.1. The second-order valence-electron chi connectivity index (χ2n) is 7.67. The average molecular weight is 416 g/mol. The standard InChI is InChI=1S/C21H28N4O5/c1-12(2)18(19(26)24-21(23)28)30-20(27)16(10-22)9-15-8-13(3)25(14(15)4)11-17-6-5-7-29-17/h8-9,12,17-18H,5-7,11H2,1-4H3,(H3,23,24,26,28)/b16-9+/t17-,18+/m0/s1. The van der Waals surface area contributed by atoms with Crippen molar-refractivity contribution in [3.63, 3.8) is 0 Å². The van der Waals surface area contributed by atoms with Crippen LogP contribution in [0.1, 0.15) is 43.6 Å². The number of imide groups is 1. The van der Waals surface area contributed by atoms with Gasteiger partial charge in [0.2, 0.25) is 0 Å². The van der Waals surface area contributed by atoms with E-state index < -0.39 is 29.9 Å². The molecule has 162 valence electrons. The van der Waals surface area contributed by atoms with Crippen LogP contribution in [0, 0.1) is 31.1 Å². The van der Waals surface area contributed by atoms with E-state index in [9.17, 15) is 19.6 Å². The van der Waals surface area contributed by atoms with Gasteiger partial charge in [-0.1, -0.05) is 13.8 Å². The summed E-state index contributed by atoms with van der Waals surface area (Å²) in [6.45, 7) is 8.63. The molecule has 1 aromatic heterocycles. The van der Waals surface area contributed by atoms with Gasteiger partial charge in [0.05, 0.1) is 6.10 Å². The van der Waals surface area contributed by atoms with Crippen molar-refractivity contribution < 1.29 is 23.9 Å². The quantitative estimate of drug-likeness (QED) is 0.396. The van der Waals surface area contributed by atoms with Crippen LogP contribution in [0.15, 0.2) is 11.6 Å². The highest BCUT2D eigenvalue weighted by Crippen LogP contribution is 2.22. The molecule has 1 aliphatic rings. The number of primary amides is 1. The number of nitrogens with two attached hydrogens (primary N) is 1. The van der Waals surface area contributed by atoms with Gasteiger partial charge >= 0.3 is 12.0 Å². The first-order chi connectivity index (χ1) is 14.1. The normalized spacial score (nSPS) is 17.5. The molecule has 2 heterocycles. The van der Waals surface area contributed by atoms with Gasteiger partial charge in [0.15, 0.2) is 6.10 Å². The average Bonchev–Trinajstić information content (AvgIpc) is 3.27. The molecule has 1 saturated heterocycles. The predicted octanol–water partition coefficient (Wildman–Crippen LogP) is 1.95. The highest BCUT2D eigenvalue weighted by Gasteiger charge is 2.29. The Morgan fingerprint density at radius 2 is 2.13 bits per heavy atom. The van der Waals surface area contributed by atoms with Gasteiger partial charge in [0.25, 0.3) is 5.91 Å². The van der Waals surface area contributed by atoms with E-state index in [-0.39, 0.29) is 11.7 Å². The highest BCUT2D eigenvalue weighted by atomic mass is 16.5. The lowest BCUT2D eigenvalue weighted by Gasteiger charge is -2.19. The van der Waals surface area contributed by atoms with Crippen LogP contribution in [0.4, 0.5) is 4.79 Å². The molecule has 0 aliphatic carbocycles. The number of amides is 3. The fraction of sp³-hybridized carbons (Fsp3) is 0.524. The lowest BCUT2D eigenvalue weighted by molar-refractivity contribution is -0.154. The number of esters is 1. The lowest BCUT2D eigenvalue weighted by atomic mass is 10.1. The molecule has 0 spiro atoms. The molecule has 1 fully saturated rings. The van der Waals surface area contributed by atoms with Gasteiger partial charge < -0.3 is 19.8 Å². The van der Waals surface area contributed by atoms with Crippen molar-refractivity contribution in [2.75, 3.05) is 6.61 Å². The first-order valence-electron chi connectivity index (χ1n) is 9.85. The van der Waals surface area contributed by atoms with Crippen LogP contribution in [0.25, 0.3) is 6.08 Å². The molecule has 3 amide bonds. The number of nitrogens with zero attached hydrogens (tertiary/aromatic N) is 2. The lowest BCUT2D eigenvalue weighted by Crippen LogP contribution is -2.45. The summed E-state index contributed by atoms with van der Waals surface area (Å²) in [5, 5.41) is 11.4. The maximum Gasteiger partial charge on any atom is 0.349 e. The van der Waals surface area contributed by atoms with E-state index in [0.717, 1.165) is 30.8 Å². The van der Waals surface area contributed by atoms with Gasteiger partial charge in [-0.2, -0.15) is 5.26 Å². The Hall–Kier alpha value is -3.12. The Balaban J connectivity index is 2.21. The Labute approximate surface area is 175 Å². The van der Waals surface area contributed by atoms with Gasteiger partial charge in [-0.15, -0.1) is 0 Å². The third-order valence-electron chi connectivity index (χ3n) is 5.01. The number of rotatable bonds is 7. The van der Waals surface area contributed by atoms with Gasteiger partial charge in [0.1, 0.15) is 11.6 Å². The smallest absolute Gasteiger partial charge is 0.349 e. The van der Waals surface area contributed by atoms with Crippen molar-refractivity contribution in [1.82, 2.24) is 9.88 Å². The SMILES string of the molecule is Cc1cc(/C=C(\C#N)C(=O)O[C@@H](C(=O)NC(N)=O)C(C)C)c(C)n1C[C@@H]1CCCO1. The van der Waals surface area contributed by atoms with E-state index in [2.05, 4.69) is 4.57 Å². The van der Waals surface area contributed by atoms with E-state index in [1.807, 2.05) is 31.3 Å². The number of carbonyl (C=O) groups is 3. The fourth-order valence-electron chi connectivity index (χ4n) is 3.40. The first-order valence-corrected chi connectivity index (χ1v) is 9.85. The molecule has 9 heteroatoms. The molecule has 0 saturated carbocycles. The van der Waals surface area contributed by atoms with Crippen molar-refractivity contribution in [3.8, 4) is 6.07 Å². The van der Waals surface area contributed by atoms with Crippen LogP contribution >= 0.6 is 0 Å². The van der Waals surface area contributed by atoms with Crippen molar-refractivity contribution >= 4 is 24.0 Å². The zero-order valence-electron chi connectivity index (χ0n) is 17.7. The molecule has 0 radical (unpaired) electrons. The van der Waals surface area contributed by atoms with Crippen LogP contribution in [0.5, 0.6) is 0 Å². The van der Waals surface area contributed by atoms with Crippen molar-refractivity contribution in [1.29, 1.82) is 5.26 Å². The van der Waals surface area contributed by atoms with Gasteiger partial charge in [-0.05, 0) is 50.3 Å². The molecule has 0 bridgehead atoms. The van der Waals surface area contributed by atoms with Gasteiger partial charge in [-0.3, -0.25) is 10.1 Å². The number of hydrogen-bond donors (Lipinski definition) is 2. The van der Waals surface area contributed by atoms with Crippen molar-refractivity contribution in [2.24, 2.45) is 11.7 Å². The zero-order chi connectivity index (χ0) is 22.4. The number of aryl methyl sites for hydroxylation is 1. The third-order valence-corrected chi connectivity index (χ3v) is 5.01. The number of nitrogens with one attached hydrogen (secondary N) is 1. The molecule has 0 unspecified atom stereocenters. The van der Waals surface area contributed by atoms with Crippen LogP contribution in [0.3, 0.4) is 0 Å². The molecule has 30 heavy (non-hydrogen) atoms. The summed E-state index contributed by atoms with van der Waals surface area (Å²) in [5.41, 5.74) is 7.31. The van der Waals surface area contributed by atoms with Crippen LogP contribution < -0.4 is 11.1 Å². The van der Waals surface area contributed by atoms with Gasteiger partial charge in [-0.25, -0.2) is 9.59 Å². The van der Waals surface area contributed by atoms with Crippen LogP contribution in [0.2, 0.25) is 0 Å². The molecule has 2 atom stereocenters. The maximum absolute atomic E-state index is 12.5. The summed E-state index contributed by atoms with van der Waals surface area (Å²) < 4.78 is 13.0. The van der Waals surface area contributed by atoms with E-state index in [1.165, 1.54) is 6.08 Å². The number of aromatic nitrogens is 1. The van der Waals surface area contributed by atoms with E-state index in [4.69, 9.17) is 15.2 Å². The minimum Gasteiger partial charge on any atom is -0.448 e. The van der Waals surface area contributed by atoms with E-state index in [0.29, 0.717) is 12.1 Å². The molecule has 1 aliphatic heterocycles. The third kappa shape index (κ3) is 5.70. The minimum atomic E-state index is -1.26. The highest BCUT2D eigenvalue weighted by molar-refractivity contribution is 6.01. The van der Waals surface area contributed by atoms with Crippen molar-refractivity contribution in [2.45, 2.75) is 59.3 Å². The molecule has 1 aromatic rings. The molecule has 2 rings (SSSR count). The fourth-order valence-corrected chi connectivity index (χ4v) is 3.40. The first kappa shape index (κ1) is 23.2. The molecule has 9 nitrogen and oxygen atoms in total. The Kier molecular flexibility index (Phi) is 7.78.